The van der Waals surface area contributed by atoms with Crippen molar-refractivity contribution >= 4 is 23.9 Å². The van der Waals surface area contributed by atoms with E-state index in [0.29, 0.717) is 22.6 Å². The Balaban J connectivity index is 2.36. The normalized spacial score (nSPS) is 10.6. The Kier molecular flexibility index (Phi) is 4.42. The van der Waals surface area contributed by atoms with Crippen LogP contribution in [-0.2, 0) is 4.79 Å². The van der Waals surface area contributed by atoms with Crippen LogP contribution in [0.4, 0.5) is 10.6 Å². The number of carboxylic acids is 1. The Morgan fingerprint density at radius 1 is 1.23 bits per heavy atom. The molecule has 3 N–H and O–H groups in total. The molecule has 2 amide bonds. The van der Waals surface area contributed by atoms with E-state index in [1.54, 1.807) is 12.3 Å². The van der Waals surface area contributed by atoms with Gasteiger partial charge in [-0.15, -0.1) is 0 Å². The molecule has 0 bridgehead atoms. The first-order valence-electron chi connectivity index (χ1n) is 6.19. The highest BCUT2D eigenvalue weighted by Gasteiger charge is 2.10. The van der Waals surface area contributed by atoms with Crippen molar-refractivity contribution in [3.63, 3.8) is 0 Å². The number of nitrogens with two attached hydrogens (primary N) is 1. The minimum Gasteiger partial charge on any atom is -0.478 e. The lowest BCUT2D eigenvalue weighted by Crippen LogP contribution is -2.32. The van der Waals surface area contributed by atoms with Gasteiger partial charge in [-0.05, 0) is 17.7 Å². The van der Waals surface area contributed by atoms with Gasteiger partial charge in [-0.1, -0.05) is 0 Å². The largest absolute Gasteiger partial charge is 0.478 e. The third kappa shape index (κ3) is 3.63. The lowest BCUT2D eigenvalue weighted by atomic mass is 10.1. The molecule has 0 saturated heterocycles. The molecular formula is C14H13N5O3. The van der Waals surface area contributed by atoms with Crippen LogP contribution in [0.3, 0.4) is 0 Å². The summed E-state index contributed by atoms with van der Waals surface area (Å²) in [7, 11) is 1.49. The van der Waals surface area contributed by atoms with Crippen molar-refractivity contribution in [1.82, 2.24) is 15.0 Å². The van der Waals surface area contributed by atoms with Gasteiger partial charge in [0.2, 0.25) is 0 Å². The molecule has 0 aliphatic heterocycles. The number of carbonyl (C=O) groups is 2. The summed E-state index contributed by atoms with van der Waals surface area (Å²) in [5.41, 5.74) is 6.93. The predicted molar refractivity (Wildman–Crippen MR) is 79.9 cm³/mol. The Morgan fingerprint density at radius 3 is 2.64 bits per heavy atom. The number of amides is 2. The molecule has 2 aromatic heterocycles. The summed E-state index contributed by atoms with van der Waals surface area (Å²) < 4.78 is 0. The van der Waals surface area contributed by atoms with E-state index in [2.05, 4.69) is 15.0 Å². The van der Waals surface area contributed by atoms with Gasteiger partial charge in [0.25, 0.3) is 0 Å². The number of aliphatic carboxylic acids is 1. The number of hydrogen-bond donors (Lipinski definition) is 2. The standard InChI is InChI=1S/C14H13N5O3/c1-19(14(15)22)12-8-17-7-11(18-12)10-4-9(5-16-6-10)2-3-13(20)21/h2-8H,1H3,(H2,15,22)(H,20,21). The van der Waals surface area contributed by atoms with Gasteiger partial charge in [0, 0.05) is 31.1 Å². The fourth-order valence-corrected chi connectivity index (χ4v) is 1.63. The Labute approximate surface area is 125 Å². The molecule has 2 heterocycles. The maximum atomic E-state index is 11.2. The maximum absolute atomic E-state index is 11.2. The van der Waals surface area contributed by atoms with Crippen LogP contribution < -0.4 is 10.6 Å². The Hall–Kier alpha value is -3.29. The zero-order valence-corrected chi connectivity index (χ0v) is 11.7. The number of nitrogens with zero attached hydrogens (tertiary/aromatic N) is 4. The van der Waals surface area contributed by atoms with Crippen molar-refractivity contribution in [2.45, 2.75) is 0 Å². The third-order valence-electron chi connectivity index (χ3n) is 2.77. The number of rotatable bonds is 4. The number of aromatic nitrogens is 3. The molecule has 0 spiro atoms. The van der Waals surface area contributed by atoms with Crippen molar-refractivity contribution < 1.29 is 14.7 Å². The zero-order chi connectivity index (χ0) is 16.1. The number of carboxylic acid groups (broad SMARTS) is 1. The molecule has 8 heteroatoms. The molecule has 8 nitrogen and oxygen atoms in total. The second kappa shape index (κ2) is 6.44. The second-order valence-corrected chi connectivity index (χ2v) is 4.34. The van der Waals surface area contributed by atoms with E-state index >= 15 is 0 Å². The first-order valence-corrected chi connectivity index (χ1v) is 6.19. The van der Waals surface area contributed by atoms with E-state index < -0.39 is 12.0 Å². The summed E-state index contributed by atoms with van der Waals surface area (Å²) in [5, 5.41) is 8.63. The van der Waals surface area contributed by atoms with E-state index in [1.807, 2.05) is 0 Å². The first-order chi connectivity index (χ1) is 10.5. The summed E-state index contributed by atoms with van der Waals surface area (Å²) in [4.78, 5) is 35.2. The minimum atomic E-state index is -1.05. The molecule has 0 aliphatic rings. The molecule has 0 aromatic carbocycles. The highest BCUT2D eigenvalue weighted by Crippen LogP contribution is 2.19. The number of carbonyl (C=O) groups excluding carboxylic acids is 1. The summed E-state index contributed by atoms with van der Waals surface area (Å²) in [6.45, 7) is 0. The number of primary amides is 1. The Bertz CT molecular complexity index is 745. The SMILES string of the molecule is CN(C(N)=O)c1cncc(-c2cncc(C=CC(=O)O)c2)n1. The summed E-state index contributed by atoms with van der Waals surface area (Å²) in [6, 6.07) is 1.06. The summed E-state index contributed by atoms with van der Waals surface area (Å²) in [6.07, 6.45) is 8.46. The van der Waals surface area contributed by atoms with E-state index in [-0.39, 0.29) is 0 Å². The van der Waals surface area contributed by atoms with Gasteiger partial charge in [0.1, 0.15) is 0 Å². The lowest BCUT2D eigenvalue weighted by molar-refractivity contribution is -0.131. The van der Waals surface area contributed by atoms with E-state index in [9.17, 15) is 9.59 Å². The van der Waals surface area contributed by atoms with E-state index in [0.717, 1.165) is 11.0 Å². The summed E-state index contributed by atoms with van der Waals surface area (Å²) >= 11 is 0. The van der Waals surface area contributed by atoms with Crippen molar-refractivity contribution in [1.29, 1.82) is 0 Å². The second-order valence-electron chi connectivity index (χ2n) is 4.34. The van der Waals surface area contributed by atoms with Crippen LogP contribution in [0.15, 0.2) is 36.9 Å². The van der Waals surface area contributed by atoms with Crippen LogP contribution in [0.5, 0.6) is 0 Å². The molecule has 0 radical (unpaired) electrons. The minimum absolute atomic E-state index is 0.302. The monoisotopic (exact) mass is 299 g/mol. The molecule has 2 rings (SSSR count). The first kappa shape index (κ1) is 15.1. The fourth-order valence-electron chi connectivity index (χ4n) is 1.63. The molecular weight excluding hydrogens is 286 g/mol. The number of anilines is 1. The number of hydrogen-bond acceptors (Lipinski definition) is 5. The van der Waals surface area contributed by atoms with Crippen LogP contribution in [0.25, 0.3) is 17.3 Å². The Morgan fingerprint density at radius 2 is 1.95 bits per heavy atom. The topological polar surface area (TPSA) is 122 Å². The number of urea groups is 1. The molecule has 22 heavy (non-hydrogen) atoms. The number of pyridine rings is 1. The van der Waals surface area contributed by atoms with Crippen LogP contribution in [0, 0.1) is 0 Å². The molecule has 0 fully saturated rings. The van der Waals surface area contributed by atoms with Crippen LogP contribution in [0.1, 0.15) is 5.56 Å². The highest BCUT2D eigenvalue weighted by molar-refractivity contribution is 5.89. The molecule has 0 saturated carbocycles. The van der Waals surface area contributed by atoms with Gasteiger partial charge in [0.05, 0.1) is 18.1 Å². The van der Waals surface area contributed by atoms with Crippen molar-refractivity contribution in [3.05, 3.63) is 42.5 Å². The molecule has 2 aromatic rings. The lowest BCUT2D eigenvalue weighted by Gasteiger charge is -2.13. The maximum Gasteiger partial charge on any atom is 0.328 e. The van der Waals surface area contributed by atoms with E-state index in [1.165, 1.54) is 31.7 Å². The van der Waals surface area contributed by atoms with Gasteiger partial charge < -0.3 is 10.8 Å². The third-order valence-corrected chi connectivity index (χ3v) is 2.77. The van der Waals surface area contributed by atoms with Gasteiger partial charge in [-0.2, -0.15) is 0 Å². The van der Waals surface area contributed by atoms with Crippen LogP contribution in [-0.4, -0.2) is 39.1 Å². The molecule has 112 valence electrons. The van der Waals surface area contributed by atoms with Crippen LogP contribution >= 0.6 is 0 Å². The van der Waals surface area contributed by atoms with E-state index in [4.69, 9.17) is 10.8 Å². The van der Waals surface area contributed by atoms with Gasteiger partial charge in [-0.3, -0.25) is 14.9 Å². The van der Waals surface area contributed by atoms with Crippen molar-refractivity contribution in [2.24, 2.45) is 5.73 Å². The molecule has 0 aliphatic carbocycles. The smallest absolute Gasteiger partial charge is 0.328 e. The average Bonchev–Trinajstić information content (AvgIpc) is 2.52. The van der Waals surface area contributed by atoms with Crippen molar-refractivity contribution in [2.75, 3.05) is 11.9 Å². The highest BCUT2D eigenvalue weighted by atomic mass is 16.4. The molecule has 0 unspecified atom stereocenters. The van der Waals surface area contributed by atoms with Crippen LogP contribution in [0.2, 0.25) is 0 Å². The zero-order valence-electron chi connectivity index (χ0n) is 11.7. The fraction of sp³-hybridized carbons (Fsp3) is 0.0714. The summed E-state index contributed by atoms with van der Waals surface area (Å²) in [5.74, 6) is -0.744. The van der Waals surface area contributed by atoms with Crippen molar-refractivity contribution in [3.8, 4) is 11.3 Å². The average molecular weight is 299 g/mol. The predicted octanol–water partition coefficient (Wildman–Crippen LogP) is 1.15. The van der Waals surface area contributed by atoms with Gasteiger partial charge in [0.15, 0.2) is 5.82 Å². The van der Waals surface area contributed by atoms with Gasteiger partial charge in [-0.25, -0.2) is 14.6 Å². The van der Waals surface area contributed by atoms with Gasteiger partial charge >= 0.3 is 12.0 Å². The quantitative estimate of drug-likeness (QED) is 0.816. The molecule has 0 atom stereocenters.